The molecule has 0 saturated carbocycles. The average molecular weight is 269 g/mol. The van der Waals surface area contributed by atoms with E-state index in [1.807, 2.05) is 19.9 Å². The molecule has 0 saturated heterocycles. The Labute approximate surface area is 114 Å². The third kappa shape index (κ3) is 5.29. The van der Waals surface area contributed by atoms with E-state index < -0.39 is 23.5 Å². The molecule has 0 N–H and O–H groups in total. The van der Waals surface area contributed by atoms with Gasteiger partial charge in [-0.05, 0) is 26.7 Å². The molecule has 5 nitrogen and oxygen atoms in total. The quantitative estimate of drug-likeness (QED) is 0.716. The van der Waals surface area contributed by atoms with Crippen LogP contribution in [0.5, 0.6) is 0 Å². The van der Waals surface area contributed by atoms with Crippen LogP contribution in [0.15, 0.2) is 0 Å². The van der Waals surface area contributed by atoms with E-state index in [4.69, 9.17) is 10.00 Å². The van der Waals surface area contributed by atoms with Crippen LogP contribution in [-0.4, -0.2) is 25.2 Å². The highest BCUT2D eigenvalue weighted by molar-refractivity contribution is 5.81. The van der Waals surface area contributed by atoms with Gasteiger partial charge in [-0.15, -0.1) is 0 Å². The number of nitriles is 1. The number of nitrogens with zero attached hydrogens (tertiary/aromatic N) is 1. The normalized spacial score (nSPS) is 14.4. The van der Waals surface area contributed by atoms with Crippen LogP contribution in [0.2, 0.25) is 0 Å². The zero-order valence-corrected chi connectivity index (χ0v) is 12.5. The molecule has 0 aromatic rings. The lowest BCUT2D eigenvalue weighted by Gasteiger charge is -2.28. The van der Waals surface area contributed by atoms with Gasteiger partial charge in [-0.2, -0.15) is 5.26 Å². The van der Waals surface area contributed by atoms with Crippen molar-refractivity contribution in [1.82, 2.24) is 0 Å². The fourth-order valence-corrected chi connectivity index (χ4v) is 1.52. The topological polar surface area (TPSA) is 76.4 Å². The van der Waals surface area contributed by atoms with Gasteiger partial charge in [-0.25, -0.2) is 4.79 Å². The number of rotatable bonds is 5. The van der Waals surface area contributed by atoms with E-state index in [0.29, 0.717) is 0 Å². The third-order valence-corrected chi connectivity index (χ3v) is 2.85. The van der Waals surface area contributed by atoms with Gasteiger partial charge in [0.15, 0.2) is 0 Å². The Bertz CT molecular complexity index is 363. The van der Waals surface area contributed by atoms with E-state index in [0.717, 1.165) is 0 Å². The van der Waals surface area contributed by atoms with Gasteiger partial charge in [0.25, 0.3) is 0 Å². The first kappa shape index (κ1) is 17.4. The van der Waals surface area contributed by atoms with Gasteiger partial charge < -0.3 is 9.47 Å². The second kappa shape index (κ2) is 7.13. The van der Waals surface area contributed by atoms with Crippen LogP contribution in [0.25, 0.3) is 0 Å². The lowest BCUT2D eigenvalue weighted by molar-refractivity contribution is -0.176. The first-order valence-corrected chi connectivity index (χ1v) is 6.31. The summed E-state index contributed by atoms with van der Waals surface area (Å²) >= 11 is 0. The van der Waals surface area contributed by atoms with E-state index >= 15 is 0 Å². The van der Waals surface area contributed by atoms with Crippen LogP contribution in [0, 0.1) is 28.6 Å². The van der Waals surface area contributed by atoms with E-state index in [1.54, 1.807) is 20.8 Å². The molecule has 108 valence electrons. The highest BCUT2D eigenvalue weighted by atomic mass is 16.6. The standard InChI is InChI=1S/C14H23NO4/c1-9(2)10(7-8-15)11(12(16)18-6)19-13(17)14(3,4)5/h9-11H,7H2,1-6H3. The van der Waals surface area contributed by atoms with Crippen molar-refractivity contribution in [3.05, 3.63) is 0 Å². The summed E-state index contributed by atoms with van der Waals surface area (Å²) in [5.41, 5.74) is -0.708. The molecular weight excluding hydrogens is 246 g/mol. The summed E-state index contributed by atoms with van der Waals surface area (Å²) in [6.07, 6.45) is -0.897. The van der Waals surface area contributed by atoms with Crippen LogP contribution in [0.4, 0.5) is 0 Å². The summed E-state index contributed by atoms with van der Waals surface area (Å²) in [7, 11) is 1.24. The molecular formula is C14H23NO4. The molecule has 0 radical (unpaired) electrons. The van der Waals surface area contributed by atoms with Crippen LogP contribution >= 0.6 is 0 Å². The number of hydrogen-bond donors (Lipinski definition) is 0. The molecule has 5 heteroatoms. The largest absolute Gasteiger partial charge is 0.466 e. The highest BCUT2D eigenvalue weighted by Gasteiger charge is 2.37. The van der Waals surface area contributed by atoms with Crippen molar-refractivity contribution >= 4 is 11.9 Å². The Kier molecular flexibility index (Phi) is 6.54. The molecule has 0 rings (SSSR count). The Morgan fingerprint density at radius 2 is 1.79 bits per heavy atom. The molecule has 0 heterocycles. The fraction of sp³-hybridized carbons (Fsp3) is 0.786. The first-order valence-electron chi connectivity index (χ1n) is 6.31. The monoisotopic (exact) mass is 269 g/mol. The number of esters is 2. The minimum absolute atomic E-state index is 0.0246. The Hall–Kier alpha value is -1.57. The number of ether oxygens (including phenoxy) is 2. The second-order valence-electron chi connectivity index (χ2n) is 5.87. The van der Waals surface area contributed by atoms with Crippen molar-refractivity contribution in [2.24, 2.45) is 17.3 Å². The van der Waals surface area contributed by atoms with Crippen molar-refractivity contribution in [2.45, 2.75) is 47.1 Å². The SMILES string of the molecule is COC(=O)C(OC(=O)C(C)(C)C)C(CC#N)C(C)C. The fourth-order valence-electron chi connectivity index (χ4n) is 1.52. The molecule has 0 aromatic heterocycles. The summed E-state index contributed by atoms with van der Waals surface area (Å²) in [6, 6.07) is 2.02. The lowest BCUT2D eigenvalue weighted by atomic mass is 9.87. The number of methoxy groups -OCH3 is 1. The second-order valence-corrected chi connectivity index (χ2v) is 5.87. The van der Waals surface area contributed by atoms with Gasteiger partial charge in [0.2, 0.25) is 6.10 Å². The maximum absolute atomic E-state index is 11.9. The van der Waals surface area contributed by atoms with Gasteiger partial charge in [-0.1, -0.05) is 13.8 Å². The first-order chi connectivity index (χ1) is 8.65. The smallest absolute Gasteiger partial charge is 0.347 e. The molecule has 19 heavy (non-hydrogen) atoms. The van der Waals surface area contributed by atoms with Gasteiger partial charge in [0, 0.05) is 12.3 Å². The molecule has 0 aliphatic carbocycles. The van der Waals surface area contributed by atoms with E-state index in [-0.39, 0.29) is 18.3 Å². The van der Waals surface area contributed by atoms with Crippen LogP contribution < -0.4 is 0 Å². The van der Waals surface area contributed by atoms with E-state index in [1.165, 1.54) is 7.11 Å². The predicted molar refractivity (Wildman–Crippen MR) is 69.9 cm³/mol. The molecule has 0 spiro atoms. The van der Waals surface area contributed by atoms with Gasteiger partial charge in [-0.3, -0.25) is 4.79 Å². The van der Waals surface area contributed by atoms with Crippen molar-refractivity contribution in [1.29, 1.82) is 5.26 Å². The van der Waals surface area contributed by atoms with Gasteiger partial charge in [0.05, 0.1) is 18.6 Å². The number of carbonyl (C=O) groups is 2. The molecule has 0 aromatic carbocycles. The van der Waals surface area contributed by atoms with Gasteiger partial charge in [0.1, 0.15) is 0 Å². The summed E-state index contributed by atoms with van der Waals surface area (Å²) in [5, 5.41) is 8.84. The van der Waals surface area contributed by atoms with Crippen LogP contribution in [-0.2, 0) is 19.1 Å². The average Bonchev–Trinajstić information content (AvgIpc) is 2.30. The minimum Gasteiger partial charge on any atom is -0.466 e. The number of hydrogen-bond acceptors (Lipinski definition) is 5. The van der Waals surface area contributed by atoms with Crippen molar-refractivity contribution in [3.8, 4) is 6.07 Å². The molecule has 0 aliphatic heterocycles. The molecule has 0 bridgehead atoms. The zero-order valence-electron chi connectivity index (χ0n) is 12.5. The molecule has 2 unspecified atom stereocenters. The zero-order chi connectivity index (χ0) is 15.2. The van der Waals surface area contributed by atoms with Crippen molar-refractivity contribution < 1.29 is 19.1 Å². The van der Waals surface area contributed by atoms with E-state index in [2.05, 4.69) is 4.74 Å². The summed E-state index contributed by atoms with van der Waals surface area (Å²) < 4.78 is 9.96. The Morgan fingerprint density at radius 1 is 1.26 bits per heavy atom. The maximum atomic E-state index is 11.9. The molecule has 2 atom stereocenters. The predicted octanol–water partition coefficient (Wildman–Crippen LogP) is 2.30. The summed E-state index contributed by atoms with van der Waals surface area (Å²) in [6.45, 7) is 8.88. The van der Waals surface area contributed by atoms with Crippen molar-refractivity contribution in [3.63, 3.8) is 0 Å². The van der Waals surface area contributed by atoms with Crippen LogP contribution in [0.1, 0.15) is 41.0 Å². The molecule has 0 fully saturated rings. The summed E-state index contributed by atoms with van der Waals surface area (Å²) in [4.78, 5) is 23.7. The lowest BCUT2D eigenvalue weighted by Crippen LogP contribution is -2.40. The minimum atomic E-state index is -1.03. The van der Waals surface area contributed by atoms with E-state index in [9.17, 15) is 9.59 Å². The maximum Gasteiger partial charge on any atom is 0.347 e. The summed E-state index contributed by atoms with van der Waals surface area (Å²) in [5.74, 6) is -1.45. The molecule has 0 aliphatic rings. The highest BCUT2D eigenvalue weighted by Crippen LogP contribution is 2.25. The Morgan fingerprint density at radius 3 is 2.11 bits per heavy atom. The third-order valence-electron chi connectivity index (χ3n) is 2.85. The number of carbonyl (C=O) groups excluding carboxylic acids is 2. The molecule has 0 amide bonds. The Balaban J connectivity index is 5.16. The van der Waals surface area contributed by atoms with Crippen molar-refractivity contribution in [2.75, 3.05) is 7.11 Å². The van der Waals surface area contributed by atoms with Gasteiger partial charge >= 0.3 is 11.9 Å². The van der Waals surface area contributed by atoms with Crippen LogP contribution in [0.3, 0.4) is 0 Å².